The average Bonchev–Trinajstić information content (AvgIpc) is 2.47. The molecule has 0 aromatic heterocycles. The number of carbonyl (C=O) groups excluding carboxylic acids is 1. The number of amides is 1. The van der Waals surface area contributed by atoms with Gasteiger partial charge in [0.25, 0.3) is 0 Å². The molecule has 1 amide bonds. The van der Waals surface area contributed by atoms with Gasteiger partial charge in [0.15, 0.2) is 0 Å². The first-order valence-electron chi connectivity index (χ1n) is 7.03. The van der Waals surface area contributed by atoms with E-state index in [9.17, 15) is 4.79 Å². The first kappa shape index (κ1) is 17.2. The molecule has 5 nitrogen and oxygen atoms in total. The minimum atomic E-state index is -0.581. The number of hydrogen-bond acceptors (Lipinski definition) is 4. The second-order valence-electron chi connectivity index (χ2n) is 5.67. The lowest BCUT2D eigenvalue weighted by Crippen LogP contribution is -2.47. The van der Waals surface area contributed by atoms with Crippen molar-refractivity contribution in [1.82, 2.24) is 9.80 Å². The third kappa shape index (κ3) is 5.28. The molecule has 0 bridgehead atoms. The highest BCUT2D eigenvalue weighted by Crippen LogP contribution is 2.20. The van der Waals surface area contributed by atoms with Crippen molar-refractivity contribution in [1.29, 1.82) is 5.26 Å². The van der Waals surface area contributed by atoms with E-state index >= 15 is 0 Å². The Hall–Kier alpha value is -0.830. The van der Waals surface area contributed by atoms with Crippen molar-refractivity contribution in [2.24, 2.45) is 5.41 Å². The number of nitriles is 1. The van der Waals surface area contributed by atoms with Crippen LogP contribution in [0.1, 0.15) is 20.3 Å². The maximum Gasteiger partial charge on any atom is 0.229 e. The maximum atomic E-state index is 12.5. The van der Waals surface area contributed by atoms with Crippen LogP contribution in [0.5, 0.6) is 0 Å². The van der Waals surface area contributed by atoms with E-state index in [4.69, 9.17) is 21.6 Å². The van der Waals surface area contributed by atoms with Crippen LogP contribution in [0.25, 0.3) is 0 Å². The van der Waals surface area contributed by atoms with Crippen LogP contribution in [-0.2, 0) is 9.53 Å². The van der Waals surface area contributed by atoms with Crippen LogP contribution in [0, 0.1) is 16.7 Å². The molecular weight excluding hydrogens is 278 g/mol. The summed E-state index contributed by atoms with van der Waals surface area (Å²) in [5.41, 5.74) is -0.581. The van der Waals surface area contributed by atoms with E-state index in [-0.39, 0.29) is 11.8 Å². The van der Waals surface area contributed by atoms with Crippen molar-refractivity contribution in [3.8, 4) is 6.07 Å². The minimum absolute atomic E-state index is 0.0241. The van der Waals surface area contributed by atoms with Gasteiger partial charge in [-0.2, -0.15) is 5.26 Å². The van der Waals surface area contributed by atoms with Gasteiger partial charge in [-0.1, -0.05) is 0 Å². The van der Waals surface area contributed by atoms with Gasteiger partial charge in [0.05, 0.1) is 31.1 Å². The zero-order valence-electron chi connectivity index (χ0n) is 12.4. The molecule has 0 unspecified atom stereocenters. The van der Waals surface area contributed by atoms with E-state index in [1.807, 2.05) is 13.8 Å². The standard InChI is InChI=1S/C14H24ClN3O2/c1-14(2,12-15)13(19)18(5-3-4-16)7-6-17-8-10-20-11-9-17/h3,5-12H2,1-2H3. The monoisotopic (exact) mass is 301 g/mol. The Balaban J connectivity index is 2.54. The Morgan fingerprint density at radius 1 is 1.40 bits per heavy atom. The summed E-state index contributed by atoms with van der Waals surface area (Å²) in [5.74, 6) is 0.308. The van der Waals surface area contributed by atoms with Crippen molar-refractivity contribution in [2.75, 3.05) is 51.8 Å². The van der Waals surface area contributed by atoms with Crippen LogP contribution in [0.15, 0.2) is 0 Å². The molecule has 1 rings (SSSR count). The number of ether oxygens (including phenoxy) is 1. The first-order valence-corrected chi connectivity index (χ1v) is 7.57. The van der Waals surface area contributed by atoms with Crippen molar-refractivity contribution >= 4 is 17.5 Å². The summed E-state index contributed by atoms with van der Waals surface area (Å²) in [5, 5.41) is 8.73. The normalized spacial score (nSPS) is 16.7. The van der Waals surface area contributed by atoms with Crippen LogP contribution >= 0.6 is 11.6 Å². The van der Waals surface area contributed by atoms with Gasteiger partial charge in [0, 0.05) is 38.6 Å². The lowest BCUT2D eigenvalue weighted by molar-refractivity contribution is -0.139. The van der Waals surface area contributed by atoms with E-state index in [1.54, 1.807) is 4.90 Å². The highest BCUT2D eigenvalue weighted by molar-refractivity contribution is 6.19. The topological polar surface area (TPSA) is 56.6 Å². The Kier molecular flexibility index (Phi) is 7.28. The number of alkyl halides is 1. The lowest BCUT2D eigenvalue weighted by Gasteiger charge is -2.33. The third-order valence-corrected chi connectivity index (χ3v) is 4.15. The van der Waals surface area contributed by atoms with Gasteiger partial charge in [-0.15, -0.1) is 11.6 Å². The molecule has 1 aliphatic rings. The molecule has 0 aliphatic carbocycles. The molecule has 6 heteroatoms. The SMILES string of the molecule is CC(C)(CCl)C(=O)N(CCC#N)CCN1CCOCC1. The Bertz CT molecular complexity index is 349. The largest absolute Gasteiger partial charge is 0.379 e. The van der Waals surface area contributed by atoms with Crippen molar-refractivity contribution < 1.29 is 9.53 Å². The summed E-state index contributed by atoms with van der Waals surface area (Å²) in [4.78, 5) is 16.5. The molecule has 0 radical (unpaired) electrons. The number of morpholine rings is 1. The molecular formula is C14H24ClN3O2. The number of rotatable bonds is 7. The number of hydrogen-bond donors (Lipinski definition) is 0. The second-order valence-corrected chi connectivity index (χ2v) is 5.94. The quantitative estimate of drug-likeness (QED) is 0.666. The minimum Gasteiger partial charge on any atom is -0.379 e. The van der Waals surface area contributed by atoms with E-state index < -0.39 is 5.41 Å². The van der Waals surface area contributed by atoms with Gasteiger partial charge in [0.2, 0.25) is 5.91 Å². The molecule has 1 saturated heterocycles. The molecule has 0 saturated carbocycles. The Labute approximate surface area is 126 Å². The highest BCUT2D eigenvalue weighted by atomic mass is 35.5. The predicted octanol–water partition coefficient (Wildman–Crippen LogP) is 1.33. The number of nitrogens with zero attached hydrogens (tertiary/aromatic N) is 3. The van der Waals surface area contributed by atoms with Gasteiger partial charge in [-0.3, -0.25) is 9.69 Å². The van der Waals surface area contributed by atoms with E-state index in [0.29, 0.717) is 19.5 Å². The fourth-order valence-corrected chi connectivity index (χ4v) is 2.19. The Morgan fingerprint density at radius 3 is 2.60 bits per heavy atom. The molecule has 20 heavy (non-hydrogen) atoms. The van der Waals surface area contributed by atoms with Crippen LogP contribution in [0.4, 0.5) is 0 Å². The molecule has 114 valence electrons. The van der Waals surface area contributed by atoms with Gasteiger partial charge in [-0.25, -0.2) is 0 Å². The summed E-state index contributed by atoms with van der Waals surface area (Å²) in [6.07, 6.45) is 0.354. The third-order valence-electron chi connectivity index (χ3n) is 3.48. The highest BCUT2D eigenvalue weighted by Gasteiger charge is 2.31. The fourth-order valence-electron chi connectivity index (χ4n) is 2.07. The molecule has 1 fully saturated rings. The van der Waals surface area contributed by atoms with Crippen molar-refractivity contribution in [3.63, 3.8) is 0 Å². The number of carbonyl (C=O) groups is 1. The van der Waals surface area contributed by atoms with Crippen molar-refractivity contribution in [3.05, 3.63) is 0 Å². The summed E-state index contributed by atoms with van der Waals surface area (Å²) in [6.45, 7) is 8.92. The lowest BCUT2D eigenvalue weighted by atomic mass is 9.94. The number of halogens is 1. The predicted molar refractivity (Wildman–Crippen MR) is 78.6 cm³/mol. The van der Waals surface area contributed by atoms with Crippen LogP contribution in [0.3, 0.4) is 0 Å². The zero-order chi connectivity index (χ0) is 15.0. The summed E-state index contributed by atoms with van der Waals surface area (Å²) < 4.78 is 5.31. The second kappa shape index (κ2) is 8.46. The van der Waals surface area contributed by atoms with E-state index in [1.165, 1.54) is 0 Å². The van der Waals surface area contributed by atoms with Crippen LogP contribution in [-0.4, -0.2) is 67.5 Å². The molecule has 0 aromatic carbocycles. The molecule has 1 aliphatic heterocycles. The zero-order valence-corrected chi connectivity index (χ0v) is 13.2. The van der Waals surface area contributed by atoms with E-state index in [0.717, 1.165) is 32.8 Å². The molecule has 0 spiro atoms. The van der Waals surface area contributed by atoms with Crippen molar-refractivity contribution in [2.45, 2.75) is 20.3 Å². The smallest absolute Gasteiger partial charge is 0.229 e. The molecule has 1 heterocycles. The Morgan fingerprint density at radius 2 is 2.05 bits per heavy atom. The van der Waals surface area contributed by atoms with Gasteiger partial charge in [-0.05, 0) is 13.8 Å². The van der Waals surface area contributed by atoms with Crippen LogP contribution < -0.4 is 0 Å². The summed E-state index contributed by atoms with van der Waals surface area (Å²) in [7, 11) is 0. The van der Waals surface area contributed by atoms with Gasteiger partial charge < -0.3 is 9.64 Å². The summed E-state index contributed by atoms with van der Waals surface area (Å²) >= 11 is 5.88. The fraction of sp³-hybridized carbons (Fsp3) is 0.857. The van der Waals surface area contributed by atoms with Gasteiger partial charge >= 0.3 is 0 Å². The average molecular weight is 302 g/mol. The van der Waals surface area contributed by atoms with E-state index in [2.05, 4.69) is 11.0 Å². The molecule has 0 N–H and O–H groups in total. The maximum absolute atomic E-state index is 12.5. The summed E-state index contributed by atoms with van der Waals surface area (Å²) in [6, 6.07) is 2.10. The first-order chi connectivity index (χ1) is 9.51. The molecule has 0 atom stereocenters. The van der Waals surface area contributed by atoms with Gasteiger partial charge in [0.1, 0.15) is 0 Å². The van der Waals surface area contributed by atoms with Crippen LogP contribution in [0.2, 0.25) is 0 Å². The molecule has 0 aromatic rings.